The third-order valence-corrected chi connectivity index (χ3v) is 2.81. The minimum absolute atomic E-state index is 0.584. The first-order valence-corrected chi connectivity index (χ1v) is 5.53. The summed E-state index contributed by atoms with van der Waals surface area (Å²) < 4.78 is 6.25. The molecular formula is C13H12N2O4. The molecule has 2 rings (SSSR count). The van der Waals surface area contributed by atoms with Crippen LogP contribution in [0.3, 0.4) is 0 Å². The summed E-state index contributed by atoms with van der Waals surface area (Å²) in [5, 5.41) is 11.7. The van der Waals surface area contributed by atoms with Gasteiger partial charge >= 0.3 is 11.7 Å². The van der Waals surface area contributed by atoms with Gasteiger partial charge in [-0.1, -0.05) is 18.2 Å². The zero-order chi connectivity index (χ0) is 14.0. The van der Waals surface area contributed by atoms with Crippen molar-refractivity contribution < 1.29 is 14.5 Å². The predicted molar refractivity (Wildman–Crippen MR) is 69.9 cm³/mol. The molecule has 19 heavy (non-hydrogen) atoms. The Morgan fingerprint density at radius 3 is 2.74 bits per heavy atom. The standard InChI is InChI=1S/C13H12N2O4/c1-14-8-9(10-5-3-4-6-11(10)14)7-12(15(17)18)13(16)19-2/h3-8H,1-2H3/b12-7+. The smallest absolute Gasteiger partial charge is 0.409 e. The zero-order valence-electron chi connectivity index (χ0n) is 10.5. The minimum Gasteiger partial charge on any atom is -0.461 e. The number of carbonyl (C=O) groups excluding carboxylic acids is 1. The van der Waals surface area contributed by atoms with Crippen LogP contribution in [-0.4, -0.2) is 22.6 Å². The van der Waals surface area contributed by atoms with Crippen LogP contribution in [0.25, 0.3) is 17.0 Å². The number of benzene rings is 1. The number of ether oxygens (including phenoxy) is 1. The molecule has 0 saturated carbocycles. The van der Waals surface area contributed by atoms with Crippen LogP contribution in [0.4, 0.5) is 0 Å². The van der Waals surface area contributed by atoms with Gasteiger partial charge in [0.1, 0.15) is 0 Å². The van der Waals surface area contributed by atoms with Crippen molar-refractivity contribution in [2.75, 3.05) is 7.11 Å². The first-order valence-electron chi connectivity index (χ1n) is 5.53. The topological polar surface area (TPSA) is 74.4 Å². The molecule has 2 aromatic rings. The number of fused-ring (bicyclic) bond motifs is 1. The summed E-state index contributed by atoms with van der Waals surface area (Å²) >= 11 is 0. The van der Waals surface area contributed by atoms with Crippen molar-refractivity contribution in [2.24, 2.45) is 7.05 Å². The number of aryl methyl sites for hydroxylation is 1. The summed E-state index contributed by atoms with van der Waals surface area (Å²) in [6, 6.07) is 7.46. The molecule has 98 valence electrons. The van der Waals surface area contributed by atoms with E-state index >= 15 is 0 Å². The first-order chi connectivity index (χ1) is 9.04. The molecule has 0 N–H and O–H groups in total. The van der Waals surface area contributed by atoms with Gasteiger partial charge in [0.2, 0.25) is 0 Å². The Labute approximate surface area is 109 Å². The maximum absolute atomic E-state index is 11.4. The Bertz CT molecular complexity index is 685. The van der Waals surface area contributed by atoms with Gasteiger partial charge in [0.25, 0.3) is 0 Å². The van der Waals surface area contributed by atoms with Gasteiger partial charge < -0.3 is 9.30 Å². The number of nitro groups is 1. The number of para-hydroxylation sites is 1. The highest BCUT2D eigenvalue weighted by Gasteiger charge is 2.23. The normalized spacial score (nSPS) is 11.6. The van der Waals surface area contributed by atoms with Gasteiger partial charge in [0.05, 0.1) is 12.0 Å². The minimum atomic E-state index is -0.960. The molecule has 0 unspecified atom stereocenters. The van der Waals surface area contributed by atoms with Gasteiger partial charge in [-0.15, -0.1) is 0 Å². The molecule has 0 bridgehead atoms. The van der Waals surface area contributed by atoms with E-state index < -0.39 is 16.6 Å². The van der Waals surface area contributed by atoms with E-state index in [1.807, 2.05) is 35.9 Å². The zero-order valence-corrected chi connectivity index (χ0v) is 10.5. The number of nitrogens with zero attached hydrogens (tertiary/aromatic N) is 2. The molecule has 0 atom stereocenters. The summed E-state index contributed by atoms with van der Waals surface area (Å²) in [5.74, 6) is -0.960. The van der Waals surface area contributed by atoms with Crippen LogP contribution in [0.5, 0.6) is 0 Å². The van der Waals surface area contributed by atoms with E-state index in [0.717, 1.165) is 18.0 Å². The Morgan fingerprint density at radius 2 is 2.11 bits per heavy atom. The number of hydrogen-bond donors (Lipinski definition) is 0. The fourth-order valence-corrected chi connectivity index (χ4v) is 1.93. The van der Waals surface area contributed by atoms with Gasteiger partial charge in [-0.05, 0) is 6.07 Å². The number of aromatic nitrogens is 1. The van der Waals surface area contributed by atoms with Crippen LogP contribution in [0.2, 0.25) is 0 Å². The lowest BCUT2D eigenvalue weighted by Crippen LogP contribution is -2.12. The van der Waals surface area contributed by atoms with Gasteiger partial charge in [-0.3, -0.25) is 10.1 Å². The van der Waals surface area contributed by atoms with Crippen LogP contribution >= 0.6 is 0 Å². The van der Waals surface area contributed by atoms with Crippen molar-refractivity contribution in [3.05, 3.63) is 51.8 Å². The van der Waals surface area contributed by atoms with E-state index in [0.29, 0.717) is 5.56 Å². The fraction of sp³-hybridized carbons (Fsp3) is 0.154. The van der Waals surface area contributed by atoms with Gasteiger partial charge in [-0.2, -0.15) is 0 Å². The Hall–Kier alpha value is -2.63. The largest absolute Gasteiger partial charge is 0.461 e. The molecule has 1 heterocycles. The third kappa shape index (κ3) is 2.33. The van der Waals surface area contributed by atoms with E-state index in [4.69, 9.17) is 0 Å². The number of hydrogen-bond acceptors (Lipinski definition) is 4. The highest BCUT2D eigenvalue weighted by Crippen LogP contribution is 2.22. The van der Waals surface area contributed by atoms with Crippen molar-refractivity contribution in [1.82, 2.24) is 4.57 Å². The highest BCUT2D eigenvalue weighted by molar-refractivity contribution is 5.96. The van der Waals surface area contributed by atoms with Crippen LogP contribution in [-0.2, 0) is 16.6 Å². The number of methoxy groups -OCH3 is 1. The molecule has 1 aromatic carbocycles. The van der Waals surface area contributed by atoms with Gasteiger partial charge in [0.15, 0.2) is 0 Å². The molecule has 0 amide bonds. The quantitative estimate of drug-likeness (QED) is 0.366. The predicted octanol–water partition coefficient (Wildman–Crippen LogP) is 1.97. The van der Waals surface area contributed by atoms with Crippen LogP contribution in [0.1, 0.15) is 5.56 Å². The van der Waals surface area contributed by atoms with Crippen LogP contribution < -0.4 is 0 Å². The highest BCUT2D eigenvalue weighted by atomic mass is 16.6. The van der Waals surface area contributed by atoms with Crippen molar-refractivity contribution >= 4 is 22.9 Å². The number of rotatable bonds is 3. The molecule has 0 fully saturated rings. The monoisotopic (exact) mass is 260 g/mol. The molecule has 0 aliphatic heterocycles. The van der Waals surface area contributed by atoms with Crippen molar-refractivity contribution in [3.8, 4) is 0 Å². The number of esters is 1. The Morgan fingerprint density at radius 1 is 1.42 bits per heavy atom. The van der Waals surface area contributed by atoms with E-state index in [1.165, 1.54) is 6.08 Å². The van der Waals surface area contributed by atoms with Crippen molar-refractivity contribution in [3.63, 3.8) is 0 Å². The van der Waals surface area contributed by atoms with Crippen molar-refractivity contribution in [2.45, 2.75) is 0 Å². The SMILES string of the molecule is COC(=O)/C(=C\c1cn(C)c2ccccc12)[N+](=O)[O-]. The van der Waals surface area contributed by atoms with Crippen molar-refractivity contribution in [1.29, 1.82) is 0 Å². The molecule has 1 aromatic heterocycles. The Kier molecular flexibility index (Phi) is 3.33. The molecular weight excluding hydrogens is 248 g/mol. The molecule has 0 saturated heterocycles. The van der Waals surface area contributed by atoms with Gasteiger partial charge in [0, 0.05) is 35.8 Å². The molecule has 0 spiro atoms. The summed E-state index contributed by atoms with van der Waals surface area (Å²) in [4.78, 5) is 21.5. The van der Waals surface area contributed by atoms with E-state index in [2.05, 4.69) is 4.74 Å². The van der Waals surface area contributed by atoms with E-state index in [-0.39, 0.29) is 0 Å². The molecule has 6 nitrogen and oxygen atoms in total. The average molecular weight is 260 g/mol. The molecule has 0 radical (unpaired) electrons. The first kappa shape index (κ1) is 12.8. The summed E-state index contributed by atoms with van der Waals surface area (Å²) in [6.45, 7) is 0. The second-order valence-electron chi connectivity index (χ2n) is 3.99. The van der Waals surface area contributed by atoms with Crippen LogP contribution in [0, 0.1) is 10.1 Å². The maximum Gasteiger partial charge on any atom is 0.409 e. The second-order valence-corrected chi connectivity index (χ2v) is 3.99. The maximum atomic E-state index is 11.4. The molecule has 0 aliphatic rings. The fourth-order valence-electron chi connectivity index (χ4n) is 1.93. The van der Waals surface area contributed by atoms with E-state index in [9.17, 15) is 14.9 Å². The molecule has 6 heteroatoms. The third-order valence-electron chi connectivity index (χ3n) is 2.81. The lowest BCUT2D eigenvalue weighted by atomic mass is 10.1. The average Bonchev–Trinajstić information content (AvgIpc) is 2.72. The van der Waals surface area contributed by atoms with E-state index in [1.54, 1.807) is 6.20 Å². The van der Waals surface area contributed by atoms with Gasteiger partial charge in [-0.25, -0.2) is 4.79 Å². The number of carbonyl (C=O) groups is 1. The summed E-state index contributed by atoms with van der Waals surface area (Å²) in [6.07, 6.45) is 2.96. The summed E-state index contributed by atoms with van der Waals surface area (Å²) in [7, 11) is 2.95. The second kappa shape index (κ2) is 4.93. The lowest BCUT2D eigenvalue weighted by Gasteiger charge is -1.96. The van der Waals surface area contributed by atoms with Crippen LogP contribution in [0.15, 0.2) is 36.2 Å². The lowest BCUT2D eigenvalue weighted by molar-refractivity contribution is -0.419. The molecule has 0 aliphatic carbocycles. The summed E-state index contributed by atoms with van der Waals surface area (Å²) in [5.41, 5.74) is 0.954. The Balaban J connectivity index is 2.61.